The van der Waals surface area contributed by atoms with Crippen molar-refractivity contribution in [2.75, 3.05) is 19.6 Å². The Kier molecular flexibility index (Phi) is 7.83. The first-order valence-electron chi connectivity index (χ1n) is 6.73. The Morgan fingerprint density at radius 2 is 1.84 bits per heavy atom. The fourth-order valence-corrected chi connectivity index (χ4v) is 1.69. The monoisotopic (exact) mass is 273 g/mol. The molecule has 2 heteroatoms. The van der Waals surface area contributed by atoms with Crippen molar-refractivity contribution >= 4 is 11.6 Å². The van der Waals surface area contributed by atoms with Crippen molar-refractivity contribution in [3.63, 3.8) is 0 Å². The van der Waals surface area contributed by atoms with Crippen LogP contribution < -0.4 is 0 Å². The number of unbranched alkanes of at least 4 members (excludes halogenated alkanes) is 1. The zero-order valence-corrected chi connectivity index (χ0v) is 12.4. The van der Waals surface area contributed by atoms with Crippen LogP contribution >= 0.6 is 11.6 Å². The predicted molar refractivity (Wildman–Crippen MR) is 83.1 cm³/mol. The summed E-state index contributed by atoms with van der Waals surface area (Å²) in [4.78, 5) is 2.33. The van der Waals surface area contributed by atoms with Gasteiger partial charge >= 0.3 is 0 Å². The van der Waals surface area contributed by atoms with Crippen LogP contribution in [0.15, 0.2) is 24.3 Å². The molecule has 0 N–H and O–H groups in total. The number of halogens is 1. The summed E-state index contributed by atoms with van der Waals surface area (Å²) in [6.45, 7) is 7.32. The standard InChI is InChI=1S/C17H20ClN/c1-3-5-14-19(4-2)15-8-6-7-9-16-10-12-17(18)13-11-16/h10-13H,3-5,14-15H2,1-2H3. The quantitative estimate of drug-likeness (QED) is 0.738. The third-order valence-electron chi connectivity index (χ3n) is 2.78. The minimum Gasteiger partial charge on any atom is -0.293 e. The molecule has 0 aromatic heterocycles. The summed E-state index contributed by atoms with van der Waals surface area (Å²) < 4.78 is 0. The van der Waals surface area contributed by atoms with E-state index in [2.05, 4.69) is 42.4 Å². The van der Waals surface area contributed by atoms with Crippen molar-refractivity contribution in [3.05, 3.63) is 34.9 Å². The second kappa shape index (κ2) is 9.51. The molecule has 100 valence electrons. The lowest BCUT2D eigenvalue weighted by molar-refractivity contribution is 0.318. The smallest absolute Gasteiger partial charge is 0.0611 e. The summed E-state index contributed by atoms with van der Waals surface area (Å²) >= 11 is 5.81. The predicted octanol–water partition coefficient (Wildman–Crippen LogP) is 3.82. The molecule has 1 aromatic carbocycles. The van der Waals surface area contributed by atoms with E-state index < -0.39 is 0 Å². The highest BCUT2D eigenvalue weighted by molar-refractivity contribution is 6.30. The van der Waals surface area contributed by atoms with Gasteiger partial charge in [0.25, 0.3) is 0 Å². The van der Waals surface area contributed by atoms with Gasteiger partial charge in [-0.25, -0.2) is 0 Å². The first-order chi connectivity index (χ1) is 9.26. The maximum Gasteiger partial charge on any atom is 0.0611 e. The Hall–Kier alpha value is -1.41. The van der Waals surface area contributed by atoms with Gasteiger partial charge in [0, 0.05) is 10.6 Å². The molecule has 0 heterocycles. The minimum absolute atomic E-state index is 0.728. The number of nitrogens with zero attached hydrogens (tertiary/aromatic N) is 1. The highest BCUT2D eigenvalue weighted by Gasteiger charge is 1.97. The molecule has 0 fully saturated rings. The van der Waals surface area contributed by atoms with Gasteiger partial charge in [-0.15, -0.1) is 0 Å². The van der Waals surface area contributed by atoms with E-state index in [9.17, 15) is 0 Å². The van der Waals surface area contributed by atoms with Crippen LogP contribution in [0.4, 0.5) is 0 Å². The molecule has 0 saturated carbocycles. The molecular formula is C17H20ClN. The Morgan fingerprint density at radius 3 is 2.47 bits per heavy atom. The summed E-state index contributed by atoms with van der Waals surface area (Å²) in [5, 5.41) is 0.728. The SMILES string of the molecule is CCCCN(CC)CC#CC#Cc1ccc(Cl)cc1. The van der Waals surface area contributed by atoms with Crippen molar-refractivity contribution in [3.8, 4) is 23.7 Å². The fraction of sp³-hybridized carbons (Fsp3) is 0.412. The molecule has 0 unspecified atom stereocenters. The Morgan fingerprint density at radius 1 is 1.11 bits per heavy atom. The molecule has 1 rings (SSSR count). The molecule has 0 amide bonds. The highest BCUT2D eigenvalue weighted by Crippen LogP contribution is 2.08. The molecule has 19 heavy (non-hydrogen) atoms. The molecule has 0 aliphatic carbocycles. The van der Waals surface area contributed by atoms with Crippen molar-refractivity contribution < 1.29 is 0 Å². The zero-order valence-electron chi connectivity index (χ0n) is 11.7. The summed E-state index contributed by atoms with van der Waals surface area (Å²) in [5.74, 6) is 11.9. The van der Waals surface area contributed by atoms with E-state index >= 15 is 0 Å². The summed E-state index contributed by atoms with van der Waals surface area (Å²) in [5.41, 5.74) is 0.942. The van der Waals surface area contributed by atoms with E-state index in [0.29, 0.717) is 0 Å². The average molecular weight is 274 g/mol. The summed E-state index contributed by atoms with van der Waals surface area (Å²) in [7, 11) is 0. The molecule has 0 saturated heterocycles. The average Bonchev–Trinajstić information content (AvgIpc) is 2.44. The molecule has 0 atom stereocenters. The Labute approximate surface area is 122 Å². The number of benzene rings is 1. The first-order valence-corrected chi connectivity index (χ1v) is 7.10. The Bertz CT molecular complexity index is 482. The molecule has 0 spiro atoms. The van der Waals surface area contributed by atoms with Gasteiger partial charge in [0.15, 0.2) is 0 Å². The van der Waals surface area contributed by atoms with Gasteiger partial charge in [-0.2, -0.15) is 0 Å². The lowest BCUT2D eigenvalue weighted by Gasteiger charge is -2.15. The molecule has 0 radical (unpaired) electrons. The number of hydrogen-bond donors (Lipinski definition) is 0. The van der Waals surface area contributed by atoms with E-state index in [1.807, 2.05) is 24.3 Å². The molecule has 0 bridgehead atoms. The third-order valence-corrected chi connectivity index (χ3v) is 3.03. The van der Waals surface area contributed by atoms with Crippen LogP contribution in [-0.4, -0.2) is 24.5 Å². The second-order valence-corrected chi connectivity index (χ2v) is 4.72. The first kappa shape index (κ1) is 15.6. The van der Waals surface area contributed by atoms with Gasteiger partial charge in [-0.05, 0) is 55.6 Å². The minimum atomic E-state index is 0.728. The molecular weight excluding hydrogens is 254 g/mol. The van der Waals surface area contributed by atoms with Crippen molar-refractivity contribution in [1.82, 2.24) is 4.90 Å². The normalized spacial score (nSPS) is 9.47. The van der Waals surface area contributed by atoms with Crippen LogP contribution in [0, 0.1) is 23.7 Å². The van der Waals surface area contributed by atoms with Crippen molar-refractivity contribution in [2.45, 2.75) is 26.7 Å². The zero-order chi connectivity index (χ0) is 13.9. The van der Waals surface area contributed by atoms with Crippen molar-refractivity contribution in [1.29, 1.82) is 0 Å². The van der Waals surface area contributed by atoms with Gasteiger partial charge in [-0.1, -0.05) is 43.7 Å². The van der Waals surface area contributed by atoms with Crippen molar-refractivity contribution in [2.24, 2.45) is 0 Å². The van der Waals surface area contributed by atoms with Gasteiger partial charge in [0.05, 0.1) is 6.54 Å². The van der Waals surface area contributed by atoms with E-state index in [1.54, 1.807) is 0 Å². The number of hydrogen-bond acceptors (Lipinski definition) is 1. The molecule has 1 nitrogen and oxygen atoms in total. The second-order valence-electron chi connectivity index (χ2n) is 4.28. The van der Waals surface area contributed by atoms with Crippen LogP contribution in [0.25, 0.3) is 0 Å². The fourth-order valence-electron chi connectivity index (χ4n) is 1.56. The van der Waals surface area contributed by atoms with Crippen LogP contribution in [0.2, 0.25) is 5.02 Å². The third kappa shape index (κ3) is 6.92. The Balaban J connectivity index is 2.44. The lowest BCUT2D eigenvalue weighted by Crippen LogP contribution is -2.24. The van der Waals surface area contributed by atoms with Gasteiger partial charge in [0.1, 0.15) is 0 Å². The summed E-state index contributed by atoms with van der Waals surface area (Å²) in [6, 6.07) is 7.47. The topological polar surface area (TPSA) is 3.24 Å². The summed E-state index contributed by atoms with van der Waals surface area (Å²) in [6.07, 6.45) is 2.45. The van der Waals surface area contributed by atoms with E-state index in [-0.39, 0.29) is 0 Å². The van der Waals surface area contributed by atoms with Gasteiger partial charge < -0.3 is 0 Å². The maximum absolute atomic E-state index is 5.81. The van der Waals surface area contributed by atoms with Crippen LogP contribution in [-0.2, 0) is 0 Å². The van der Waals surface area contributed by atoms with Gasteiger partial charge in [-0.3, -0.25) is 4.90 Å². The lowest BCUT2D eigenvalue weighted by atomic mass is 10.2. The maximum atomic E-state index is 5.81. The largest absolute Gasteiger partial charge is 0.293 e. The number of rotatable bonds is 5. The van der Waals surface area contributed by atoms with E-state index in [4.69, 9.17) is 11.6 Å². The van der Waals surface area contributed by atoms with Crippen LogP contribution in [0.5, 0.6) is 0 Å². The molecule has 0 aliphatic heterocycles. The van der Waals surface area contributed by atoms with E-state index in [0.717, 1.165) is 30.2 Å². The molecule has 1 aromatic rings. The molecule has 0 aliphatic rings. The van der Waals surface area contributed by atoms with Crippen LogP contribution in [0.1, 0.15) is 32.3 Å². The van der Waals surface area contributed by atoms with E-state index in [1.165, 1.54) is 12.8 Å². The van der Waals surface area contributed by atoms with Gasteiger partial charge in [0.2, 0.25) is 0 Å². The van der Waals surface area contributed by atoms with Crippen LogP contribution in [0.3, 0.4) is 0 Å². The highest BCUT2D eigenvalue weighted by atomic mass is 35.5.